The number of benzene rings is 2. The highest BCUT2D eigenvalue weighted by molar-refractivity contribution is 9.08. The van der Waals surface area contributed by atoms with Crippen LogP contribution in [0.15, 0.2) is 58.3 Å². The van der Waals surface area contributed by atoms with Crippen molar-refractivity contribution in [3.8, 4) is 0 Å². The monoisotopic (exact) mass is 644 g/mol. The van der Waals surface area contributed by atoms with Crippen molar-refractivity contribution in [1.82, 2.24) is 9.44 Å². The molecule has 0 aliphatic heterocycles. The largest absolute Gasteiger partial charge is 1.00 e. The Morgan fingerprint density at radius 2 is 1.06 bits per heavy atom. The van der Waals surface area contributed by atoms with Crippen LogP contribution in [0.25, 0.3) is 0 Å². The SMILES string of the molecule is CC(C)CNS(=O)(=O)c1ccc(CBr)cc1.CC(C)CNS(=O)(=O)c1ccc(C[PH3+])cc1.[Br-]. The maximum absolute atomic E-state index is 11.8. The van der Waals surface area contributed by atoms with E-state index in [1.54, 1.807) is 36.4 Å². The van der Waals surface area contributed by atoms with Gasteiger partial charge in [0.15, 0.2) is 0 Å². The van der Waals surface area contributed by atoms with Gasteiger partial charge in [0.1, 0.15) is 0 Å². The van der Waals surface area contributed by atoms with Crippen LogP contribution in [0.1, 0.15) is 38.8 Å². The van der Waals surface area contributed by atoms with Gasteiger partial charge >= 0.3 is 0 Å². The van der Waals surface area contributed by atoms with Crippen molar-refractivity contribution >= 4 is 45.2 Å². The number of hydrogen-bond acceptors (Lipinski definition) is 4. The molecule has 1 atom stereocenters. The van der Waals surface area contributed by atoms with Crippen LogP contribution in [0.2, 0.25) is 0 Å². The molecule has 33 heavy (non-hydrogen) atoms. The Morgan fingerprint density at radius 3 is 1.33 bits per heavy atom. The first-order valence-electron chi connectivity index (χ1n) is 10.4. The fourth-order valence-corrected chi connectivity index (χ4v) is 5.45. The number of rotatable bonds is 10. The van der Waals surface area contributed by atoms with Crippen LogP contribution in [0.3, 0.4) is 0 Å². The lowest BCUT2D eigenvalue weighted by Gasteiger charge is -2.08. The standard InChI is InChI=1S/C11H16BrNO2S.C11H18NO2PS.BrH/c1-9(2)8-13-16(14,15)11-5-3-10(7-12)4-6-11;1-9(2)7-12-16(13,14)11-5-3-10(8-15)4-6-11;/h3-6,9,13H,7-8H2,1-2H3;3-6,9,12H,7-8,15H2,1-2H3;1H. The minimum atomic E-state index is -3.35. The molecule has 2 aromatic rings. The molecule has 0 aliphatic carbocycles. The van der Waals surface area contributed by atoms with Crippen molar-refractivity contribution in [3.63, 3.8) is 0 Å². The molecule has 0 saturated carbocycles. The van der Waals surface area contributed by atoms with Gasteiger partial charge in [0, 0.05) is 18.4 Å². The minimum Gasteiger partial charge on any atom is -1.00 e. The topological polar surface area (TPSA) is 92.3 Å². The zero-order valence-corrected chi connectivity index (χ0v) is 25.7. The molecule has 1 unspecified atom stereocenters. The Hall–Kier alpha value is -0.350. The van der Waals surface area contributed by atoms with Crippen LogP contribution in [0.4, 0.5) is 0 Å². The third kappa shape index (κ3) is 12.3. The van der Waals surface area contributed by atoms with Crippen LogP contribution < -0.4 is 26.4 Å². The van der Waals surface area contributed by atoms with Crippen molar-refractivity contribution in [2.75, 3.05) is 13.1 Å². The van der Waals surface area contributed by atoms with Crippen LogP contribution in [0, 0.1) is 11.8 Å². The first-order chi connectivity index (χ1) is 14.9. The molecule has 0 heterocycles. The molecular weight excluding hydrogens is 611 g/mol. The first kappa shape index (κ1) is 32.7. The number of sulfonamides is 2. The second-order valence-corrected chi connectivity index (χ2v) is 12.8. The molecule has 0 radical (unpaired) electrons. The Balaban J connectivity index is 0.000000602. The molecule has 188 valence electrons. The predicted molar refractivity (Wildman–Crippen MR) is 140 cm³/mol. The smallest absolute Gasteiger partial charge is 0.240 e. The summed E-state index contributed by atoms with van der Waals surface area (Å²) >= 11 is 3.32. The normalized spacial score (nSPS) is 11.7. The van der Waals surface area contributed by atoms with Crippen LogP contribution in [0.5, 0.6) is 0 Å². The summed E-state index contributed by atoms with van der Waals surface area (Å²) in [6, 6.07) is 13.9. The maximum atomic E-state index is 11.8. The van der Waals surface area contributed by atoms with Crippen LogP contribution >= 0.6 is 25.2 Å². The number of nitrogens with one attached hydrogen (secondary N) is 2. The molecule has 2 aromatic carbocycles. The van der Waals surface area contributed by atoms with Gasteiger partial charge < -0.3 is 17.0 Å². The summed E-state index contributed by atoms with van der Waals surface area (Å²) in [5, 5.41) is 0.729. The number of hydrogen-bond donors (Lipinski definition) is 2. The number of alkyl halides is 1. The first-order valence-corrected chi connectivity index (χ1v) is 15.5. The Bertz CT molecular complexity index is 944. The molecule has 0 bridgehead atoms. The summed E-state index contributed by atoms with van der Waals surface area (Å²) < 4.78 is 52.4. The highest BCUT2D eigenvalue weighted by Crippen LogP contribution is 2.13. The minimum absolute atomic E-state index is 0. The highest BCUT2D eigenvalue weighted by atomic mass is 79.9. The van der Waals surface area contributed by atoms with E-state index in [2.05, 4.69) is 25.4 Å². The van der Waals surface area contributed by atoms with Crippen LogP contribution in [-0.2, 0) is 31.5 Å². The Kier molecular flexibility index (Phi) is 15.4. The van der Waals surface area contributed by atoms with Gasteiger partial charge in [-0.1, -0.05) is 67.9 Å². The van der Waals surface area contributed by atoms with Crippen molar-refractivity contribution in [3.05, 3.63) is 59.7 Å². The van der Waals surface area contributed by atoms with Gasteiger partial charge in [0.05, 0.1) is 16.0 Å². The fourth-order valence-electron chi connectivity index (χ4n) is 2.31. The second kappa shape index (κ2) is 15.6. The Labute approximate surface area is 220 Å². The van der Waals surface area contributed by atoms with E-state index in [1.807, 2.05) is 49.1 Å². The highest BCUT2D eigenvalue weighted by Gasteiger charge is 2.14. The molecule has 0 saturated heterocycles. The fraction of sp³-hybridized carbons (Fsp3) is 0.455. The van der Waals surface area contributed by atoms with E-state index < -0.39 is 20.0 Å². The van der Waals surface area contributed by atoms with E-state index in [-0.39, 0.29) is 17.0 Å². The van der Waals surface area contributed by atoms with Gasteiger partial charge in [-0.2, -0.15) is 0 Å². The third-order valence-corrected chi connectivity index (χ3v) is 8.38. The molecule has 11 heteroatoms. The summed E-state index contributed by atoms with van der Waals surface area (Å²) in [4.78, 5) is 0.659. The zero-order valence-electron chi connectivity index (χ0n) is 19.5. The summed E-state index contributed by atoms with van der Waals surface area (Å²) in [5.41, 5.74) is 2.21. The van der Waals surface area contributed by atoms with E-state index in [9.17, 15) is 16.8 Å². The average Bonchev–Trinajstić information content (AvgIpc) is 2.77. The molecule has 0 amide bonds. The lowest BCUT2D eigenvalue weighted by Crippen LogP contribution is -3.00. The lowest BCUT2D eigenvalue weighted by atomic mass is 10.2. The van der Waals surface area contributed by atoms with Gasteiger partial charge in [-0.25, -0.2) is 26.3 Å². The van der Waals surface area contributed by atoms with Crippen LogP contribution in [-0.4, -0.2) is 29.9 Å². The third-order valence-electron chi connectivity index (χ3n) is 4.27. The predicted octanol–water partition coefficient (Wildman–Crippen LogP) is 1.25. The maximum Gasteiger partial charge on any atom is 0.240 e. The van der Waals surface area contributed by atoms with E-state index in [0.29, 0.717) is 34.7 Å². The van der Waals surface area contributed by atoms with Crippen molar-refractivity contribution in [2.45, 2.75) is 49.0 Å². The molecule has 2 N–H and O–H groups in total. The van der Waals surface area contributed by atoms with Gasteiger partial charge in [-0.15, -0.1) is 0 Å². The summed E-state index contributed by atoms with van der Waals surface area (Å²) in [5.74, 6) is 0.613. The van der Waals surface area contributed by atoms with E-state index in [4.69, 9.17) is 0 Å². The summed E-state index contributed by atoms with van der Waals surface area (Å²) in [7, 11) is -4.82. The van der Waals surface area contributed by atoms with Gasteiger partial charge in [0.2, 0.25) is 20.0 Å². The van der Waals surface area contributed by atoms with E-state index in [1.165, 1.54) is 0 Å². The van der Waals surface area contributed by atoms with Gasteiger partial charge in [-0.05, 0) is 56.5 Å². The van der Waals surface area contributed by atoms with E-state index >= 15 is 0 Å². The van der Waals surface area contributed by atoms with Crippen molar-refractivity contribution in [2.24, 2.45) is 11.8 Å². The quantitative estimate of drug-likeness (QED) is 0.301. The van der Waals surface area contributed by atoms with Crippen molar-refractivity contribution < 1.29 is 33.8 Å². The Morgan fingerprint density at radius 1 is 0.727 bits per heavy atom. The molecule has 0 aromatic heterocycles. The van der Waals surface area contributed by atoms with E-state index in [0.717, 1.165) is 22.6 Å². The molecule has 0 aliphatic rings. The molecule has 6 nitrogen and oxygen atoms in total. The van der Waals surface area contributed by atoms with Crippen molar-refractivity contribution in [1.29, 1.82) is 0 Å². The second-order valence-electron chi connectivity index (χ2n) is 8.16. The van der Waals surface area contributed by atoms with Gasteiger partial charge in [0.25, 0.3) is 0 Å². The summed E-state index contributed by atoms with van der Waals surface area (Å²) in [6.07, 6.45) is 0.944. The van der Waals surface area contributed by atoms with Gasteiger partial charge in [-0.3, -0.25) is 0 Å². The molecular formula is C22H35Br2N2O4PS2. The summed E-state index contributed by atoms with van der Waals surface area (Å²) in [6.45, 7) is 8.82. The molecule has 0 spiro atoms. The zero-order chi connectivity index (χ0) is 24.4. The average molecular weight is 646 g/mol. The molecule has 2 rings (SSSR count). The lowest BCUT2D eigenvalue weighted by molar-refractivity contribution is -0.0000118. The molecule has 0 fully saturated rings. The number of halogens is 2.